The molecule has 0 radical (unpaired) electrons. The fraction of sp³-hybridized carbons (Fsp3) is 0. The van der Waals surface area contributed by atoms with Gasteiger partial charge in [-0.25, -0.2) is 24.9 Å². The van der Waals surface area contributed by atoms with E-state index in [1.54, 1.807) is 6.33 Å². The van der Waals surface area contributed by atoms with Crippen LogP contribution < -0.4 is 0 Å². The summed E-state index contributed by atoms with van der Waals surface area (Å²) in [5.74, 6) is 1.88. The van der Waals surface area contributed by atoms with E-state index >= 15 is 0 Å². The molecule has 7 aromatic carbocycles. The number of benzene rings is 7. The molecular weight excluding hydrogens is 538 g/mol. The van der Waals surface area contributed by atoms with Crippen molar-refractivity contribution in [3.63, 3.8) is 0 Å². The van der Waals surface area contributed by atoms with E-state index in [0.29, 0.717) is 17.5 Å². The molecule has 2 heterocycles. The standard InChI is InChI=1S/C39H23N5/c1-5-13-30-24(9-1)19-25-10-2-6-14-31(25)35(30)38-42-37(28-17-18-34-29(21-28)22-40-23-41-34)43-39(44-38)36-32-15-7-3-11-26(32)20-27-12-4-8-16-33(27)36/h1-23H. The Balaban J connectivity index is 1.43. The van der Waals surface area contributed by atoms with Crippen LogP contribution in [0, 0.1) is 0 Å². The first-order valence-electron chi connectivity index (χ1n) is 14.6. The Morgan fingerprint density at radius 1 is 0.386 bits per heavy atom. The van der Waals surface area contributed by atoms with Crippen LogP contribution in [-0.4, -0.2) is 24.9 Å². The molecule has 204 valence electrons. The Hall–Kier alpha value is -6.07. The quantitative estimate of drug-likeness (QED) is 0.201. The van der Waals surface area contributed by atoms with E-state index in [1.807, 2.05) is 18.3 Å². The zero-order valence-corrected chi connectivity index (χ0v) is 23.5. The Bertz CT molecular complexity index is 2330. The SMILES string of the molecule is c1ccc2c(-c3nc(-c4ccc5ncncc5c4)nc(-c4c5ccccc5cc5ccccc45)n3)c3ccccc3cc2c1. The topological polar surface area (TPSA) is 64.5 Å². The number of fused-ring (bicyclic) bond motifs is 5. The lowest BCUT2D eigenvalue weighted by Crippen LogP contribution is -2.02. The summed E-state index contributed by atoms with van der Waals surface area (Å²) in [6.45, 7) is 0. The van der Waals surface area contributed by atoms with E-state index in [0.717, 1.165) is 70.7 Å². The maximum Gasteiger partial charge on any atom is 0.165 e. The van der Waals surface area contributed by atoms with Gasteiger partial charge < -0.3 is 0 Å². The summed E-state index contributed by atoms with van der Waals surface area (Å²) in [5.41, 5.74) is 3.75. The summed E-state index contributed by atoms with van der Waals surface area (Å²) in [6.07, 6.45) is 3.39. The maximum atomic E-state index is 5.32. The van der Waals surface area contributed by atoms with Crippen molar-refractivity contribution in [1.29, 1.82) is 0 Å². The molecule has 9 rings (SSSR count). The predicted octanol–water partition coefficient (Wildman–Crippen LogP) is 9.43. The lowest BCUT2D eigenvalue weighted by Gasteiger charge is -2.15. The second-order valence-corrected chi connectivity index (χ2v) is 11.0. The molecule has 0 aliphatic heterocycles. The van der Waals surface area contributed by atoms with Gasteiger partial charge in [0.25, 0.3) is 0 Å². The van der Waals surface area contributed by atoms with Crippen LogP contribution in [0.4, 0.5) is 0 Å². The summed E-state index contributed by atoms with van der Waals surface area (Å²) in [5, 5.41) is 9.90. The van der Waals surface area contributed by atoms with E-state index in [9.17, 15) is 0 Å². The van der Waals surface area contributed by atoms with Crippen LogP contribution in [0.25, 0.3) is 88.2 Å². The van der Waals surface area contributed by atoms with Crippen LogP contribution in [0.2, 0.25) is 0 Å². The second-order valence-electron chi connectivity index (χ2n) is 11.0. The van der Waals surface area contributed by atoms with Crippen LogP contribution in [0.5, 0.6) is 0 Å². The molecule has 44 heavy (non-hydrogen) atoms. The summed E-state index contributed by atoms with van der Waals surface area (Å²) >= 11 is 0. The van der Waals surface area contributed by atoms with Crippen molar-refractivity contribution in [2.45, 2.75) is 0 Å². The minimum absolute atomic E-state index is 0.602. The Kier molecular flexibility index (Phi) is 5.43. The molecule has 0 amide bonds. The first-order chi connectivity index (χ1) is 21.8. The molecule has 0 saturated carbocycles. The Labute approximate surface area is 252 Å². The molecule has 0 bridgehead atoms. The van der Waals surface area contributed by atoms with Gasteiger partial charge in [-0.3, -0.25) is 0 Å². The van der Waals surface area contributed by atoms with Crippen molar-refractivity contribution in [3.8, 4) is 34.2 Å². The van der Waals surface area contributed by atoms with Crippen molar-refractivity contribution in [2.24, 2.45) is 0 Å². The fourth-order valence-corrected chi connectivity index (χ4v) is 6.36. The maximum absolute atomic E-state index is 5.32. The van der Waals surface area contributed by atoms with E-state index in [1.165, 1.54) is 0 Å². The fourth-order valence-electron chi connectivity index (χ4n) is 6.36. The monoisotopic (exact) mass is 561 g/mol. The highest BCUT2D eigenvalue weighted by Gasteiger charge is 2.20. The van der Waals surface area contributed by atoms with Gasteiger partial charge in [-0.2, -0.15) is 0 Å². The molecule has 0 unspecified atom stereocenters. The van der Waals surface area contributed by atoms with Gasteiger partial charge in [-0.1, -0.05) is 97.1 Å². The molecule has 5 nitrogen and oxygen atoms in total. The summed E-state index contributed by atoms with van der Waals surface area (Å²) < 4.78 is 0. The van der Waals surface area contributed by atoms with Crippen LogP contribution >= 0.6 is 0 Å². The molecule has 0 saturated heterocycles. The van der Waals surface area contributed by atoms with Gasteiger partial charge in [-0.15, -0.1) is 0 Å². The van der Waals surface area contributed by atoms with E-state index < -0.39 is 0 Å². The highest BCUT2D eigenvalue weighted by Crippen LogP contribution is 2.39. The molecule has 5 heteroatoms. The van der Waals surface area contributed by atoms with Gasteiger partial charge in [0, 0.05) is 28.3 Å². The normalized spacial score (nSPS) is 11.6. The van der Waals surface area contributed by atoms with Gasteiger partial charge in [0.15, 0.2) is 17.5 Å². The predicted molar refractivity (Wildman–Crippen MR) is 179 cm³/mol. The average molecular weight is 562 g/mol. The number of hydrogen-bond acceptors (Lipinski definition) is 5. The van der Waals surface area contributed by atoms with Gasteiger partial charge in [-0.05, 0) is 73.4 Å². The highest BCUT2D eigenvalue weighted by molar-refractivity contribution is 6.13. The molecule has 0 aliphatic carbocycles. The molecular formula is C39H23N5. The molecule has 2 aromatic heterocycles. The van der Waals surface area contributed by atoms with Crippen molar-refractivity contribution in [1.82, 2.24) is 24.9 Å². The van der Waals surface area contributed by atoms with Crippen LogP contribution in [-0.2, 0) is 0 Å². The van der Waals surface area contributed by atoms with Crippen molar-refractivity contribution in [3.05, 3.63) is 140 Å². The highest BCUT2D eigenvalue weighted by atomic mass is 15.0. The van der Waals surface area contributed by atoms with Gasteiger partial charge in [0.1, 0.15) is 6.33 Å². The number of aromatic nitrogens is 5. The molecule has 0 fully saturated rings. The first kappa shape index (κ1) is 24.5. The van der Waals surface area contributed by atoms with Gasteiger partial charge in [0.2, 0.25) is 0 Å². The van der Waals surface area contributed by atoms with E-state index in [-0.39, 0.29) is 0 Å². The molecule has 9 aromatic rings. The molecule has 0 atom stereocenters. The van der Waals surface area contributed by atoms with Crippen LogP contribution in [0.1, 0.15) is 0 Å². The minimum atomic E-state index is 0.602. The summed E-state index contributed by atoms with van der Waals surface area (Å²) in [6, 6.07) is 44.4. The summed E-state index contributed by atoms with van der Waals surface area (Å²) in [4.78, 5) is 24.4. The minimum Gasteiger partial charge on any atom is -0.244 e. The van der Waals surface area contributed by atoms with Crippen LogP contribution in [0.3, 0.4) is 0 Å². The van der Waals surface area contributed by atoms with Crippen molar-refractivity contribution < 1.29 is 0 Å². The summed E-state index contributed by atoms with van der Waals surface area (Å²) in [7, 11) is 0. The number of hydrogen-bond donors (Lipinski definition) is 0. The van der Waals surface area contributed by atoms with E-state index in [2.05, 4.69) is 125 Å². The third-order valence-electron chi connectivity index (χ3n) is 8.39. The smallest absolute Gasteiger partial charge is 0.165 e. The Morgan fingerprint density at radius 3 is 1.34 bits per heavy atom. The third-order valence-corrected chi connectivity index (χ3v) is 8.39. The number of rotatable bonds is 3. The zero-order chi connectivity index (χ0) is 29.0. The van der Waals surface area contributed by atoms with E-state index in [4.69, 9.17) is 15.0 Å². The third kappa shape index (κ3) is 3.91. The number of nitrogens with zero attached hydrogens (tertiary/aromatic N) is 5. The molecule has 0 spiro atoms. The lowest BCUT2D eigenvalue weighted by atomic mass is 9.95. The lowest BCUT2D eigenvalue weighted by molar-refractivity contribution is 1.08. The molecule has 0 N–H and O–H groups in total. The average Bonchev–Trinajstić information content (AvgIpc) is 3.09. The van der Waals surface area contributed by atoms with Crippen LogP contribution in [0.15, 0.2) is 140 Å². The Morgan fingerprint density at radius 2 is 0.841 bits per heavy atom. The second kappa shape index (κ2) is 9.75. The first-order valence-corrected chi connectivity index (χ1v) is 14.6. The molecule has 0 aliphatic rings. The van der Waals surface area contributed by atoms with Gasteiger partial charge >= 0.3 is 0 Å². The van der Waals surface area contributed by atoms with Gasteiger partial charge in [0.05, 0.1) is 5.52 Å². The zero-order valence-electron chi connectivity index (χ0n) is 23.5. The van der Waals surface area contributed by atoms with Crippen molar-refractivity contribution >= 4 is 54.0 Å². The van der Waals surface area contributed by atoms with Crippen molar-refractivity contribution in [2.75, 3.05) is 0 Å². The largest absolute Gasteiger partial charge is 0.244 e.